The van der Waals surface area contributed by atoms with Gasteiger partial charge in [0.1, 0.15) is 6.33 Å². The maximum Gasteiger partial charge on any atom is 0.277 e. The van der Waals surface area contributed by atoms with Gasteiger partial charge in [-0.15, -0.1) is 0 Å². The van der Waals surface area contributed by atoms with Gasteiger partial charge < -0.3 is 5.32 Å². The summed E-state index contributed by atoms with van der Waals surface area (Å²) in [6, 6.07) is 23.2. The summed E-state index contributed by atoms with van der Waals surface area (Å²) in [4.78, 5) is 32.2. The number of benzene rings is 3. The Labute approximate surface area is 194 Å². The molecule has 3 aromatic carbocycles. The van der Waals surface area contributed by atoms with Gasteiger partial charge in [0, 0.05) is 36.3 Å². The highest BCUT2D eigenvalue weighted by molar-refractivity contribution is 5.97. The lowest BCUT2D eigenvalue weighted by molar-refractivity contribution is -0.384. The molecule has 0 spiro atoms. The Bertz CT molecular complexity index is 1510. The highest BCUT2D eigenvalue weighted by Gasteiger charge is 2.15. The molecule has 1 amide bonds. The van der Waals surface area contributed by atoms with Crippen molar-refractivity contribution < 1.29 is 9.72 Å². The van der Waals surface area contributed by atoms with Crippen LogP contribution in [0.25, 0.3) is 27.8 Å². The van der Waals surface area contributed by atoms with Gasteiger partial charge >= 0.3 is 0 Å². The Morgan fingerprint density at radius 1 is 1.00 bits per heavy atom. The van der Waals surface area contributed by atoms with Crippen molar-refractivity contribution in [1.82, 2.24) is 19.9 Å². The maximum absolute atomic E-state index is 12.6. The minimum atomic E-state index is -0.379. The Kier molecular flexibility index (Phi) is 5.53. The summed E-state index contributed by atoms with van der Waals surface area (Å²) in [5.41, 5.74) is 5.07. The molecule has 0 aliphatic rings. The minimum Gasteiger partial charge on any atom is -0.348 e. The topological polar surface area (TPSA) is 103 Å². The lowest BCUT2D eigenvalue weighted by atomic mass is 10.0. The van der Waals surface area contributed by atoms with Crippen molar-refractivity contribution >= 4 is 22.6 Å². The van der Waals surface area contributed by atoms with Gasteiger partial charge in [-0.3, -0.25) is 24.5 Å². The zero-order chi connectivity index (χ0) is 23.5. The van der Waals surface area contributed by atoms with Crippen LogP contribution in [0.4, 0.5) is 5.69 Å². The number of carbonyl (C=O) groups excluding carboxylic acids is 1. The van der Waals surface area contributed by atoms with E-state index in [1.165, 1.54) is 6.07 Å². The van der Waals surface area contributed by atoms with E-state index in [2.05, 4.69) is 15.3 Å². The second-order valence-electron chi connectivity index (χ2n) is 7.69. The minimum absolute atomic E-state index is 0.0528. The Morgan fingerprint density at radius 3 is 2.71 bits per heavy atom. The van der Waals surface area contributed by atoms with E-state index < -0.39 is 0 Å². The number of imidazole rings is 1. The molecule has 0 saturated heterocycles. The third kappa shape index (κ3) is 4.12. The lowest BCUT2D eigenvalue weighted by Crippen LogP contribution is -2.22. The Morgan fingerprint density at radius 2 is 1.88 bits per heavy atom. The van der Waals surface area contributed by atoms with E-state index in [-0.39, 0.29) is 16.5 Å². The molecule has 0 aliphatic carbocycles. The van der Waals surface area contributed by atoms with Crippen LogP contribution in [0.5, 0.6) is 0 Å². The fraction of sp³-hybridized carbons (Fsp3) is 0.0385. The van der Waals surface area contributed by atoms with E-state index in [4.69, 9.17) is 0 Å². The van der Waals surface area contributed by atoms with Crippen LogP contribution >= 0.6 is 0 Å². The monoisotopic (exact) mass is 449 g/mol. The van der Waals surface area contributed by atoms with E-state index in [0.29, 0.717) is 23.2 Å². The van der Waals surface area contributed by atoms with Crippen LogP contribution in [0.2, 0.25) is 0 Å². The van der Waals surface area contributed by atoms with Gasteiger partial charge in [0.05, 0.1) is 21.5 Å². The summed E-state index contributed by atoms with van der Waals surface area (Å²) in [7, 11) is 0. The van der Waals surface area contributed by atoms with E-state index in [1.807, 2.05) is 47.0 Å². The summed E-state index contributed by atoms with van der Waals surface area (Å²) < 4.78 is 1.89. The zero-order valence-electron chi connectivity index (χ0n) is 18.0. The molecule has 0 unspecified atom stereocenters. The predicted molar refractivity (Wildman–Crippen MR) is 129 cm³/mol. The highest BCUT2D eigenvalue weighted by atomic mass is 16.6. The van der Waals surface area contributed by atoms with Crippen molar-refractivity contribution in [3.63, 3.8) is 0 Å². The van der Waals surface area contributed by atoms with Crippen LogP contribution in [0.1, 0.15) is 15.9 Å². The number of hydrogen-bond acceptors (Lipinski definition) is 5. The molecule has 0 fully saturated rings. The van der Waals surface area contributed by atoms with Gasteiger partial charge in [-0.05, 0) is 53.6 Å². The lowest BCUT2D eigenvalue weighted by Gasteiger charge is -2.09. The number of amides is 1. The number of pyridine rings is 1. The molecular weight excluding hydrogens is 430 g/mol. The fourth-order valence-electron chi connectivity index (χ4n) is 3.85. The second kappa shape index (κ2) is 8.95. The van der Waals surface area contributed by atoms with E-state index in [9.17, 15) is 14.9 Å². The van der Waals surface area contributed by atoms with Crippen molar-refractivity contribution in [3.8, 4) is 16.8 Å². The average Bonchev–Trinajstić information content (AvgIpc) is 3.31. The number of rotatable bonds is 6. The van der Waals surface area contributed by atoms with Crippen molar-refractivity contribution in [3.05, 3.63) is 119 Å². The summed E-state index contributed by atoms with van der Waals surface area (Å²) in [5, 5.41) is 14.3. The van der Waals surface area contributed by atoms with Gasteiger partial charge in [-0.2, -0.15) is 0 Å². The van der Waals surface area contributed by atoms with Gasteiger partial charge in [-0.25, -0.2) is 4.98 Å². The zero-order valence-corrected chi connectivity index (χ0v) is 18.0. The first kappa shape index (κ1) is 21.0. The summed E-state index contributed by atoms with van der Waals surface area (Å²) in [6.07, 6.45) is 5.08. The third-order valence-corrected chi connectivity index (χ3v) is 5.52. The van der Waals surface area contributed by atoms with Crippen molar-refractivity contribution in [2.75, 3.05) is 0 Å². The molecular formula is C26H19N5O3. The average molecular weight is 449 g/mol. The molecule has 5 aromatic rings. The number of hydrogen-bond donors (Lipinski definition) is 1. The molecule has 34 heavy (non-hydrogen) atoms. The molecule has 5 rings (SSSR count). The smallest absolute Gasteiger partial charge is 0.277 e. The van der Waals surface area contributed by atoms with Crippen LogP contribution in [-0.2, 0) is 6.54 Å². The van der Waals surface area contributed by atoms with Gasteiger partial charge in [-0.1, -0.05) is 30.3 Å². The number of fused-ring (bicyclic) bond motifs is 1. The molecule has 8 nitrogen and oxygen atoms in total. The first-order chi connectivity index (χ1) is 16.6. The van der Waals surface area contributed by atoms with Gasteiger partial charge in [0.15, 0.2) is 0 Å². The predicted octanol–water partition coefficient (Wildman–Crippen LogP) is 4.93. The number of nitro groups is 1. The Balaban J connectivity index is 1.43. The molecule has 8 heteroatoms. The summed E-state index contributed by atoms with van der Waals surface area (Å²) in [6.45, 7) is 0.386. The second-order valence-corrected chi connectivity index (χ2v) is 7.69. The first-order valence-electron chi connectivity index (χ1n) is 10.6. The van der Waals surface area contributed by atoms with Crippen LogP contribution in [0.3, 0.4) is 0 Å². The molecule has 2 aromatic heterocycles. The van der Waals surface area contributed by atoms with Crippen molar-refractivity contribution in [2.24, 2.45) is 0 Å². The third-order valence-electron chi connectivity index (χ3n) is 5.52. The van der Waals surface area contributed by atoms with Crippen LogP contribution in [-0.4, -0.2) is 25.4 Å². The number of para-hydroxylation sites is 1. The molecule has 166 valence electrons. The molecule has 1 N–H and O–H groups in total. The molecule has 0 saturated carbocycles. The maximum atomic E-state index is 12.6. The van der Waals surface area contributed by atoms with E-state index >= 15 is 0 Å². The number of nitrogens with one attached hydrogen (secondary N) is 1. The van der Waals surface area contributed by atoms with Crippen molar-refractivity contribution in [2.45, 2.75) is 6.54 Å². The summed E-state index contributed by atoms with van der Waals surface area (Å²) >= 11 is 0. The quantitative estimate of drug-likeness (QED) is 0.293. The first-order valence-corrected chi connectivity index (χ1v) is 10.6. The number of nitro benzene ring substituents is 1. The Hall–Kier alpha value is -4.85. The molecule has 0 radical (unpaired) electrons. The standard InChI is InChI=1S/C26H19N5O3/c32-26(28-16-18-5-4-12-27-15-18)20-10-11-25-23(14-20)29-17-30(25)21-7-3-6-19(13-21)22-8-1-2-9-24(22)31(33)34/h1-15,17H,16H2,(H,28,32). The summed E-state index contributed by atoms with van der Waals surface area (Å²) in [5.74, 6) is -0.196. The molecule has 2 heterocycles. The molecule has 0 bridgehead atoms. The van der Waals surface area contributed by atoms with Crippen LogP contribution in [0, 0.1) is 10.1 Å². The highest BCUT2D eigenvalue weighted by Crippen LogP contribution is 2.31. The number of aromatic nitrogens is 3. The molecule has 0 atom stereocenters. The van der Waals surface area contributed by atoms with Crippen LogP contribution < -0.4 is 5.32 Å². The van der Waals surface area contributed by atoms with Crippen LogP contribution in [0.15, 0.2) is 97.6 Å². The molecule has 0 aliphatic heterocycles. The normalized spacial score (nSPS) is 10.8. The number of carbonyl (C=O) groups is 1. The van der Waals surface area contributed by atoms with E-state index in [1.54, 1.807) is 49.1 Å². The van der Waals surface area contributed by atoms with E-state index in [0.717, 1.165) is 22.3 Å². The largest absolute Gasteiger partial charge is 0.348 e. The fourth-order valence-corrected chi connectivity index (χ4v) is 3.85. The van der Waals surface area contributed by atoms with Crippen molar-refractivity contribution in [1.29, 1.82) is 0 Å². The van der Waals surface area contributed by atoms with Gasteiger partial charge in [0.2, 0.25) is 0 Å². The van der Waals surface area contributed by atoms with Gasteiger partial charge in [0.25, 0.3) is 11.6 Å². The number of nitrogens with zero attached hydrogens (tertiary/aromatic N) is 4. The SMILES string of the molecule is O=C(NCc1cccnc1)c1ccc2c(c1)ncn2-c1cccc(-c2ccccc2[N+](=O)[O-])c1.